The number of hydrogen-bond acceptors (Lipinski definition) is 4. The van der Waals surface area contributed by atoms with E-state index in [-0.39, 0.29) is 36.3 Å². The topological polar surface area (TPSA) is 84.2 Å². The van der Waals surface area contributed by atoms with Crippen LogP contribution in [0.4, 0.5) is 5.69 Å². The van der Waals surface area contributed by atoms with E-state index >= 15 is 0 Å². The quantitative estimate of drug-likeness (QED) is 0.718. The fourth-order valence-corrected chi connectivity index (χ4v) is 5.56. The first-order chi connectivity index (χ1) is 12.1. The first kappa shape index (κ1) is 19.5. The van der Waals surface area contributed by atoms with E-state index in [9.17, 15) is 9.59 Å². The summed E-state index contributed by atoms with van der Waals surface area (Å²) in [7, 11) is 0. The van der Waals surface area contributed by atoms with Crippen LogP contribution >= 0.6 is 24.2 Å². The minimum atomic E-state index is -0.0383. The number of fused-ring (bicyclic) bond motifs is 3. The lowest BCUT2D eigenvalue weighted by molar-refractivity contribution is -0.115. The van der Waals surface area contributed by atoms with Gasteiger partial charge in [-0.05, 0) is 55.7 Å². The van der Waals surface area contributed by atoms with E-state index in [2.05, 4.69) is 10.6 Å². The number of amides is 2. The van der Waals surface area contributed by atoms with E-state index in [4.69, 9.17) is 5.73 Å². The number of carbonyl (C=O) groups is 2. The van der Waals surface area contributed by atoms with Gasteiger partial charge in [-0.1, -0.05) is 6.42 Å². The molecule has 1 aromatic carbocycles. The number of benzene rings is 1. The maximum atomic E-state index is 12.8. The predicted molar refractivity (Wildman–Crippen MR) is 107 cm³/mol. The normalized spacial score (nSPS) is 30.3. The molecule has 2 fully saturated rings. The largest absolute Gasteiger partial charge is 0.349 e. The highest BCUT2D eigenvalue weighted by atomic mass is 35.5. The Labute approximate surface area is 164 Å². The van der Waals surface area contributed by atoms with E-state index in [1.165, 1.54) is 6.42 Å². The molecule has 0 spiro atoms. The Morgan fingerprint density at radius 2 is 1.96 bits per heavy atom. The minimum absolute atomic E-state index is 0. The Morgan fingerprint density at radius 3 is 2.69 bits per heavy atom. The van der Waals surface area contributed by atoms with Gasteiger partial charge in [0.15, 0.2) is 0 Å². The molecule has 2 aliphatic carbocycles. The van der Waals surface area contributed by atoms with Crippen molar-refractivity contribution in [3.05, 3.63) is 23.8 Å². The van der Waals surface area contributed by atoms with Crippen LogP contribution in [0.25, 0.3) is 0 Å². The molecule has 5 nitrogen and oxygen atoms in total. The number of hydrogen-bond donors (Lipinski definition) is 3. The maximum absolute atomic E-state index is 12.8. The zero-order valence-electron chi connectivity index (χ0n) is 14.7. The first-order valence-corrected chi connectivity index (χ1v) is 10.2. The fourth-order valence-electron chi connectivity index (χ4n) is 4.62. The molecule has 3 aliphatic rings. The zero-order valence-corrected chi connectivity index (χ0v) is 16.3. The smallest absolute Gasteiger partial charge is 0.251 e. The summed E-state index contributed by atoms with van der Waals surface area (Å²) < 4.78 is 0. The van der Waals surface area contributed by atoms with Crippen molar-refractivity contribution in [2.75, 3.05) is 11.1 Å². The summed E-state index contributed by atoms with van der Waals surface area (Å²) in [5.74, 6) is 1.75. The molecule has 2 amide bonds. The monoisotopic (exact) mass is 395 g/mol. The van der Waals surface area contributed by atoms with Crippen LogP contribution in [0.15, 0.2) is 23.1 Å². The zero-order chi connectivity index (χ0) is 17.4. The van der Waals surface area contributed by atoms with Gasteiger partial charge in [-0.2, -0.15) is 0 Å². The number of anilines is 1. The number of nitrogens with one attached hydrogen (secondary N) is 2. The third-order valence-electron chi connectivity index (χ3n) is 5.78. The number of carbonyl (C=O) groups excluding carboxylic acids is 2. The van der Waals surface area contributed by atoms with E-state index in [0.29, 0.717) is 23.8 Å². The number of nitrogens with two attached hydrogens (primary N) is 1. The molecule has 2 saturated carbocycles. The molecule has 1 heterocycles. The third kappa shape index (κ3) is 4.02. The van der Waals surface area contributed by atoms with Crippen LogP contribution in [0.2, 0.25) is 0 Å². The Kier molecular flexibility index (Phi) is 6.15. The van der Waals surface area contributed by atoms with E-state index in [1.807, 2.05) is 18.2 Å². The molecule has 2 unspecified atom stereocenters. The summed E-state index contributed by atoms with van der Waals surface area (Å²) >= 11 is 1.65. The fraction of sp³-hybridized carbons (Fsp3) is 0.579. The highest BCUT2D eigenvalue weighted by Crippen LogP contribution is 2.40. The highest BCUT2D eigenvalue weighted by Gasteiger charge is 2.40. The SMILES string of the molecule is Cl.NC1CC2CCCC(C1)C2NC(=O)c1ccc2c(c1)NC(=O)CCS2. The summed E-state index contributed by atoms with van der Waals surface area (Å²) in [5, 5.41) is 6.19. The van der Waals surface area contributed by atoms with Gasteiger partial charge in [0.2, 0.25) is 5.91 Å². The van der Waals surface area contributed by atoms with Crippen LogP contribution in [-0.2, 0) is 4.79 Å². The Bertz CT molecular complexity index is 685. The van der Waals surface area contributed by atoms with Gasteiger partial charge in [-0.25, -0.2) is 0 Å². The Hall–Kier alpha value is -1.24. The average Bonchev–Trinajstić information content (AvgIpc) is 2.75. The van der Waals surface area contributed by atoms with Crippen molar-refractivity contribution >= 4 is 41.7 Å². The molecule has 0 radical (unpaired) electrons. The number of halogens is 1. The molecule has 4 rings (SSSR count). The molecule has 1 aliphatic heterocycles. The lowest BCUT2D eigenvalue weighted by Gasteiger charge is -2.45. The van der Waals surface area contributed by atoms with Gasteiger partial charge in [0, 0.05) is 34.7 Å². The van der Waals surface area contributed by atoms with Gasteiger partial charge in [-0.15, -0.1) is 24.2 Å². The molecular weight excluding hydrogens is 370 g/mol. The third-order valence-corrected chi connectivity index (χ3v) is 6.85. The molecule has 142 valence electrons. The van der Waals surface area contributed by atoms with Crippen molar-refractivity contribution in [3.8, 4) is 0 Å². The molecule has 4 N–H and O–H groups in total. The molecule has 0 aromatic heterocycles. The molecule has 0 saturated heterocycles. The van der Waals surface area contributed by atoms with E-state index in [0.717, 1.165) is 42.0 Å². The van der Waals surface area contributed by atoms with E-state index in [1.54, 1.807) is 11.8 Å². The molecule has 2 atom stereocenters. The molecule has 2 bridgehead atoms. The van der Waals surface area contributed by atoms with Crippen molar-refractivity contribution in [3.63, 3.8) is 0 Å². The van der Waals surface area contributed by atoms with Gasteiger partial charge in [0.25, 0.3) is 5.91 Å². The van der Waals surface area contributed by atoms with Gasteiger partial charge in [0.05, 0.1) is 5.69 Å². The van der Waals surface area contributed by atoms with Gasteiger partial charge < -0.3 is 16.4 Å². The van der Waals surface area contributed by atoms with Crippen molar-refractivity contribution < 1.29 is 9.59 Å². The Balaban J connectivity index is 0.00000196. The molecule has 26 heavy (non-hydrogen) atoms. The maximum Gasteiger partial charge on any atom is 0.251 e. The van der Waals surface area contributed by atoms with E-state index < -0.39 is 0 Å². The van der Waals surface area contributed by atoms with Crippen molar-refractivity contribution in [1.29, 1.82) is 0 Å². The summed E-state index contributed by atoms with van der Waals surface area (Å²) in [6, 6.07) is 6.14. The highest BCUT2D eigenvalue weighted by molar-refractivity contribution is 7.99. The molecule has 1 aromatic rings. The van der Waals surface area contributed by atoms with Crippen molar-refractivity contribution in [1.82, 2.24) is 5.32 Å². The van der Waals surface area contributed by atoms with Crippen LogP contribution in [0.3, 0.4) is 0 Å². The second-order valence-electron chi connectivity index (χ2n) is 7.54. The molecule has 7 heteroatoms. The van der Waals surface area contributed by atoms with Crippen molar-refractivity contribution in [2.24, 2.45) is 17.6 Å². The average molecular weight is 396 g/mol. The van der Waals surface area contributed by atoms with Gasteiger partial charge in [0.1, 0.15) is 0 Å². The standard InChI is InChI=1S/C19H25N3O2S.ClH/c20-14-8-11-2-1-3-12(9-14)18(11)22-19(24)13-4-5-16-15(10-13)21-17(23)6-7-25-16;/h4-5,10-12,14,18H,1-3,6-9,20H2,(H,21,23)(H,22,24);1H. The minimum Gasteiger partial charge on any atom is -0.349 e. The molecular formula is C19H26ClN3O2S. The predicted octanol–water partition coefficient (Wildman–Crippen LogP) is 3.18. The van der Waals surface area contributed by atoms with Crippen LogP contribution in [0.5, 0.6) is 0 Å². The van der Waals surface area contributed by atoms with Gasteiger partial charge >= 0.3 is 0 Å². The van der Waals surface area contributed by atoms with Crippen LogP contribution in [-0.4, -0.2) is 29.7 Å². The van der Waals surface area contributed by atoms with Crippen LogP contribution in [0, 0.1) is 11.8 Å². The summed E-state index contributed by atoms with van der Waals surface area (Å²) in [6.07, 6.45) is 6.10. The lowest BCUT2D eigenvalue weighted by atomic mass is 9.67. The second kappa shape index (κ2) is 8.19. The van der Waals surface area contributed by atoms with Crippen LogP contribution in [0.1, 0.15) is 48.9 Å². The van der Waals surface area contributed by atoms with Gasteiger partial charge in [-0.3, -0.25) is 9.59 Å². The summed E-state index contributed by atoms with van der Waals surface area (Å²) in [6.45, 7) is 0. The lowest BCUT2D eigenvalue weighted by Crippen LogP contribution is -2.53. The van der Waals surface area contributed by atoms with Crippen molar-refractivity contribution in [2.45, 2.75) is 55.5 Å². The number of rotatable bonds is 2. The number of thioether (sulfide) groups is 1. The first-order valence-electron chi connectivity index (χ1n) is 9.23. The van der Waals surface area contributed by atoms with Crippen LogP contribution < -0.4 is 16.4 Å². The summed E-state index contributed by atoms with van der Waals surface area (Å²) in [4.78, 5) is 25.6. The summed E-state index contributed by atoms with van der Waals surface area (Å²) in [5.41, 5.74) is 7.55. The second-order valence-corrected chi connectivity index (χ2v) is 8.68. The Morgan fingerprint density at radius 1 is 1.23 bits per heavy atom.